The molecule has 1 aromatic heterocycles. The van der Waals surface area contributed by atoms with Crippen LogP contribution in [0, 0.1) is 0 Å². The Morgan fingerprint density at radius 3 is 2.85 bits per heavy atom. The topological polar surface area (TPSA) is 58.6 Å². The van der Waals surface area contributed by atoms with Crippen molar-refractivity contribution in [2.75, 3.05) is 33.8 Å². The fourth-order valence-electron chi connectivity index (χ4n) is 4.07. The molecule has 0 aliphatic carbocycles. The van der Waals surface area contributed by atoms with Gasteiger partial charge in [-0.3, -0.25) is 14.8 Å². The summed E-state index contributed by atoms with van der Waals surface area (Å²) in [7, 11) is 4.01. The van der Waals surface area contributed by atoms with Crippen LogP contribution in [0.1, 0.15) is 46.2 Å². The Morgan fingerprint density at radius 2 is 2.03 bits per heavy atom. The molecule has 1 fully saturated rings. The van der Waals surface area contributed by atoms with Gasteiger partial charge in [0.05, 0.1) is 23.6 Å². The molecule has 1 aliphatic heterocycles. The van der Waals surface area contributed by atoms with Crippen LogP contribution in [0.2, 0.25) is 5.02 Å². The summed E-state index contributed by atoms with van der Waals surface area (Å²) in [4.78, 5) is 26.6. The highest BCUT2D eigenvalue weighted by Gasteiger charge is 2.32. The number of benzene rings is 2. The normalized spacial score (nSPS) is 15.8. The van der Waals surface area contributed by atoms with Crippen molar-refractivity contribution in [2.45, 2.75) is 25.3 Å². The SMILES string of the molecule is CN(C)CCOc1cccc(C(=O)N2CCC[C@@H]2c2cncc(Cc3cccc(Cl)c3)n2)c1. The molecule has 2 aromatic carbocycles. The van der Waals surface area contributed by atoms with E-state index in [1.165, 1.54) is 0 Å². The fourth-order valence-corrected chi connectivity index (χ4v) is 4.29. The minimum atomic E-state index is -0.0809. The zero-order valence-electron chi connectivity index (χ0n) is 19.1. The zero-order valence-corrected chi connectivity index (χ0v) is 19.8. The minimum absolute atomic E-state index is 0.00222. The Labute approximate surface area is 200 Å². The summed E-state index contributed by atoms with van der Waals surface area (Å²) in [5.74, 6) is 0.708. The summed E-state index contributed by atoms with van der Waals surface area (Å²) in [6.45, 7) is 2.10. The molecule has 0 spiro atoms. The van der Waals surface area contributed by atoms with Crippen LogP contribution in [-0.2, 0) is 6.42 Å². The molecule has 0 bridgehead atoms. The Morgan fingerprint density at radius 1 is 1.18 bits per heavy atom. The summed E-state index contributed by atoms with van der Waals surface area (Å²) in [6, 6.07) is 15.1. The van der Waals surface area contributed by atoms with Gasteiger partial charge in [-0.05, 0) is 62.8 Å². The molecule has 6 nitrogen and oxygen atoms in total. The molecule has 0 N–H and O–H groups in total. The van der Waals surface area contributed by atoms with Gasteiger partial charge >= 0.3 is 0 Å². The van der Waals surface area contributed by atoms with Crippen LogP contribution < -0.4 is 4.74 Å². The Bertz CT molecular complexity index is 1100. The summed E-state index contributed by atoms with van der Waals surface area (Å²) >= 11 is 6.12. The number of carbonyl (C=O) groups is 1. The van der Waals surface area contributed by atoms with Crippen LogP contribution in [0.25, 0.3) is 0 Å². The molecule has 33 heavy (non-hydrogen) atoms. The monoisotopic (exact) mass is 464 g/mol. The molecule has 3 aromatic rings. The van der Waals surface area contributed by atoms with E-state index in [9.17, 15) is 4.79 Å². The van der Waals surface area contributed by atoms with Crippen molar-refractivity contribution >= 4 is 17.5 Å². The number of aromatic nitrogens is 2. The molecule has 2 heterocycles. The number of rotatable bonds is 8. The summed E-state index contributed by atoms with van der Waals surface area (Å²) in [5.41, 5.74) is 3.41. The van der Waals surface area contributed by atoms with Crippen LogP contribution >= 0.6 is 11.6 Å². The van der Waals surface area contributed by atoms with Gasteiger partial charge in [-0.2, -0.15) is 0 Å². The number of carbonyl (C=O) groups excluding carboxylic acids is 1. The van der Waals surface area contributed by atoms with E-state index in [1.54, 1.807) is 12.4 Å². The Hall–Kier alpha value is -2.96. The van der Waals surface area contributed by atoms with Crippen molar-refractivity contribution in [3.63, 3.8) is 0 Å². The maximum atomic E-state index is 13.4. The van der Waals surface area contributed by atoms with Crippen LogP contribution in [0.4, 0.5) is 0 Å². The van der Waals surface area contributed by atoms with E-state index in [0.717, 1.165) is 36.3 Å². The average molecular weight is 465 g/mol. The van der Waals surface area contributed by atoms with E-state index in [4.69, 9.17) is 21.3 Å². The van der Waals surface area contributed by atoms with E-state index in [1.807, 2.05) is 67.5 Å². The molecule has 0 radical (unpaired) electrons. The van der Waals surface area contributed by atoms with Crippen LogP contribution in [0.15, 0.2) is 60.9 Å². The quantitative estimate of drug-likeness (QED) is 0.486. The molecule has 1 amide bonds. The number of likely N-dealkylation sites (N-methyl/N-ethyl adjacent to an activating group) is 1. The first-order valence-electron chi connectivity index (χ1n) is 11.2. The van der Waals surface area contributed by atoms with Gasteiger partial charge in [0, 0.05) is 36.3 Å². The van der Waals surface area contributed by atoms with Gasteiger partial charge in [0.1, 0.15) is 12.4 Å². The van der Waals surface area contributed by atoms with Crippen molar-refractivity contribution in [1.29, 1.82) is 0 Å². The third-order valence-corrected chi connectivity index (χ3v) is 5.96. The zero-order chi connectivity index (χ0) is 23.2. The number of amides is 1. The van der Waals surface area contributed by atoms with Crippen LogP contribution in [0.5, 0.6) is 5.75 Å². The minimum Gasteiger partial charge on any atom is -0.492 e. The maximum Gasteiger partial charge on any atom is 0.254 e. The van der Waals surface area contributed by atoms with Gasteiger partial charge in [-0.15, -0.1) is 0 Å². The van der Waals surface area contributed by atoms with E-state index < -0.39 is 0 Å². The third-order valence-electron chi connectivity index (χ3n) is 5.72. The molecular weight excluding hydrogens is 436 g/mol. The lowest BCUT2D eigenvalue weighted by Gasteiger charge is -2.24. The highest BCUT2D eigenvalue weighted by atomic mass is 35.5. The molecule has 0 unspecified atom stereocenters. The van der Waals surface area contributed by atoms with Gasteiger partial charge in [-0.25, -0.2) is 0 Å². The summed E-state index contributed by atoms with van der Waals surface area (Å²) in [6.07, 6.45) is 6.02. The number of hydrogen-bond acceptors (Lipinski definition) is 5. The van der Waals surface area contributed by atoms with Gasteiger partial charge in [0.15, 0.2) is 0 Å². The van der Waals surface area contributed by atoms with Crippen molar-refractivity contribution < 1.29 is 9.53 Å². The van der Waals surface area contributed by atoms with Gasteiger partial charge in [0.25, 0.3) is 5.91 Å². The standard InChI is InChI=1S/C26H29ClN4O2/c1-30(2)12-13-33-23-9-4-7-20(16-23)26(32)31-11-5-10-25(31)24-18-28-17-22(29-24)15-19-6-3-8-21(27)14-19/h3-4,6-9,14,16-18,25H,5,10-13,15H2,1-2H3/t25-/m1/s1. The third kappa shape index (κ3) is 6.09. The van der Waals surface area contributed by atoms with Crippen LogP contribution in [0.3, 0.4) is 0 Å². The van der Waals surface area contributed by atoms with E-state index in [2.05, 4.69) is 9.88 Å². The molecule has 1 atom stereocenters. The van der Waals surface area contributed by atoms with E-state index in [0.29, 0.717) is 35.9 Å². The number of nitrogens with zero attached hydrogens (tertiary/aromatic N) is 4. The molecular formula is C26H29ClN4O2. The lowest BCUT2D eigenvalue weighted by molar-refractivity contribution is 0.0732. The van der Waals surface area contributed by atoms with E-state index in [-0.39, 0.29) is 11.9 Å². The second kappa shape index (κ2) is 10.8. The molecule has 1 aliphatic rings. The van der Waals surface area contributed by atoms with Crippen molar-refractivity contribution in [3.05, 3.63) is 88.5 Å². The number of likely N-dealkylation sites (tertiary alicyclic amines) is 1. The lowest BCUT2D eigenvalue weighted by atomic mass is 10.1. The Balaban J connectivity index is 1.48. The molecule has 1 saturated heterocycles. The van der Waals surface area contributed by atoms with E-state index >= 15 is 0 Å². The van der Waals surface area contributed by atoms with Gasteiger partial charge in [-0.1, -0.05) is 29.8 Å². The predicted molar refractivity (Wildman–Crippen MR) is 130 cm³/mol. The molecule has 172 valence electrons. The highest BCUT2D eigenvalue weighted by Crippen LogP contribution is 2.32. The largest absolute Gasteiger partial charge is 0.492 e. The first-order valence-corrected chi connectivity index (χ1v) is 11.6. The lowest BCUT2D eigenvalue weighted by Crippen LogP contribution is -2.31. The average Bonchev–Trinajstić information content (AvgIpc) is 3.29. The van der Waals surface area contributed by atoms with Crippen LogP contribution in [-0.4, -0.2) is 59.5 Å². The summed E-state index contributed by atoms with van der Waals surface area (Å²) in [5, 5.41) is 0.706. The maximum absolute atomic E-state index is 13.4. The molecule has 7 heteroatoms. The van der Waals surface area contributed by atoms with Gasteiger partial charge < -0.3 is 14.5 Å². The summed E-state index contributed by atoms with van der Waals surface area (Å²) < 4.78 is 5.82. The number of halogens is 1. The van der Waals surface area contributed by atoms with Crippen molar-refractivity contribution in [3.8, 4) is 5.75 Å². The number of hydrogen-bond donors (Lipinski definition) is 0. The van der Waals surface area contributed by atoms with Crippen molar-refractivity contribution in [1.82, 2.24) is 19.8 Å². The highest BCUT2D eigenvalue weighted by molar-refractivity contribution is 6.30. The first kappa shape index (κ1) is 23.2. The Kier molecular flexibility index (Phi) is 7.57. The predicted octanol–water partition coefficient (Wildman–Crippen LogP) is 4.64. The van der Waals surface area contributed by atoms with Crippen molar-refractivity contribution in [2.24, 2.45) is 0 Å². The second-order valence-corrected chi connectivity index (χ2v) is 9.01. The molecule has 4 rings (SSSR count). The number of ether oxygens (including phenoxy) is 1. The second-order valence-electron chi connectivity index (χ2n) is 8.58. The smallest absolute Gasteiger partial charge is 0.254 e. The fraction of sp³-hybridized carbons (Fsp3) is 0.346. The first-order chi connectivity index (χ1) is 16.0. The van der Waals surface area contributed by atoms with Gasteiger partial charge in [0.2, 0.25) is 0 Å². The molecule has 0 saturated carbocycles.